The Morgan fingerprint density at radius 3 is 2.20 bits per heavy atom. The first kappa shape index (κ1) is 22.7. The number of nitrogens with zero attached hydrogens (tertiary/aromatic N) is 1. The molecule has 2 aromatic carbocycles. The summed E-state index contributed by atoms with van der Waals surface area (Å²) in [7, 11) is 2.89. The van der Waals surface area contributed by atoms with Crippen LogP contribution in [0.2, 0.25) is 0 Å². The third-order valence-corrected chi connectivity index (χ3v) is 4.41. The summed E-state index contributed by atoms with van der Waals surface area (Å²) in [6.07, 6.45) is -1.16. The van der Waals surface area contributed by atoms with Crippen LogP contribution in [0.3, 0.4) is 0 Å². The molecule has 2 N–H and O–H groups in total. The predicted molar refractivity (Wildman–Crippen MR) is 114 cm³/mol. The van der Waals surface area contributed by atoms with Crippen molar-refractivity contribution in [2.75, 3.05) is 24.4 Å². The molecule has 2 aromatic rings. The van der Waals surface area contributed by atoms with Crippen LogP contribution in [0.1, 0.15) is 19.4 Å². The number of hydrogen-bond donors (Lipinski definition) is 2. The molecule has 3 amide bonds. The lowest BCUT2D eigenvalue weighted by molar-refractivity contribution is -0.119. The van der Waals surface area contributed by atoms with E-state index in [1.54, 1.807) is 31.3 Å². The van der Waals surface area contributed by atoms with Gasteiger partial charge in [0.2, 0.25) is 5.91 Å². The van der Waals surface area contributed by atoms with E-state index < -0.39 is 18.2 Å². The molecule has 0 saturated heterocycles. The summed E-state index contributed by atoms with van der Waals surface area (Å²) in [5.41, 5.74) is 2.00. The van der Waals surface area contributed by atoms with Crippen LogP contribution < -0.4 is 15.5 Å². The lowest BCUT2D eigenvalue weighted by Crippen LogP contribution is -2.47. The van der Waals surface area contributed by atoms with Gasteiger partial charge in [0.25, 0.3) is 0 Å². The minimum Gasteiger partial charge on any atom is -0.452 e. The molecule has 0 aliphatic rings. The maximum atomic E-state index is 12.7. The van der Waals surface area contributed by atoms with Crippen molar-refractivity contribution in [1.82, 2.24) is 5.32 Å². The van der Waals surface area contributed by atoms with Crippen molar-refractivity contribution in [1.29, 1.82) is 0 Å². The molecule has 1 atom stereocenters. The maximum absolute atomic E-state index is 12.7. The first-order valence-electron chi connectivity index (χ1n) is 9.51. The SMILES string of the molecule is COC(=O)N(C)c1ccc(NC(=O)[C@@H](NC(=O)OCc2ccccc2)C(C)C)cc1. The highest BCUT2D eigenvalue weighted by atomic mass is 16.5. The van der Waals surface area contributed by atoms with Gasteiger partial charge in [0.05, 0.1) is 7.11 Å². The third kappa shape index (κ3) is 6.51. The summed E-state index contributed by atoms with van der Waals surface area (Å²) >= 11 is 0. The second-order valence-corrected chi connectivity index (χ2v) is 6.99. The Morgan fingerprint density at radius 2 is 1.63 bits per heavy atom. The minimum absolute atomic E-state index is 0.119. The summed E-state index contributed by atoms with van der Waals surface area (Å²) < 4.78 is 9.87. The number of carbonyl (C=O) groups excluding carboxylic acids is 3. The Bertz CT molecular complexity index is 853. The fourth-order valence-electron chi connectivity index (χ4n) is 2.66. The molecule has 0 unspecified atom stereocenters. The summed E-state index contributed by atoms with van der Waals surface area (Å²) in [5, 5.41) is 5.38. The van der Waals surface area contributed by atoms with Gasteiger partial charge in [-0.3, -0.25) is 9.69 Å². The van der Waals surface area contributed by atoms with Crippen LogP contribution in [0, 0.1) is 5.92 Å². The number of methoxy groups -OCH3 is 1. The van der Waals surface area contributed by atoms with Gasteiger partial charge in [-0.05, 0) is 35.7 Å². The van der Waals surface area contributed by atoms with Crippen LogP contribution in [0.4, 0.5) is 21.0 Å². The van der Waals surface area contributed by atoms with E-state index in [-0.39, 0.29) is 18.4 Å². The molecule has 0 heterocycles. The number of benzene rings is 2. The van der Waals surface area contributed by atoms with E-state index in [2.05, 4.69) is 15.4 Å². The Hall–Kier alpha value is -3.55. The van der Waals surface area contributed by atoms with E-state index in [0.717, 1.165) is 5.56 Å². The average molecular weight is 413 g/mol. The van der Waals surface area contributed by atoms with Crippen LogP contribution in [0.15, 0.2) is 54.6 Å². The lowest BCUT2D eigenvalue weighted by atomic mass is 10.0. The van der Waals surface area contributed by atoms with Crippen molar-refractivity contribution in [3.63, 3.8) is 0 Å². The normalized spacial score (nSPS) is 11.4. The van der Waals surface area contributed by atoms with Crippen LogP contribution in [-0.4, -0.2) is 38.3 Å². The molecule has 0 fully saturated rings. The number of hydrogen-bond acceptors (Lipinski definition) is 5. The smallest absolute Gasteiger partial charge is 0.413 e. The second kappa shape index (κ2) is 10.8. The highest BCUT2D eigenvalue weighted by molar-refractivity contribution is 5.97. The largest absolute Gasteiger partial charge is 0.452 e. The van der Waals surface area contributed by atoms with Gasteiger partial charge in [0, 0.05) is 18.4 Å². The van der Waals surface area contributed by atoms with Crippen molar-refractivity contribution in [2.45, 2.75) is 26.5 Å². The zero-order valence-electron chi connectivity index (χ0n) is 17.5. The van der Waals surface area contributed by atoms with Crippen molar-refractivity contribution in [3.8, 4) is 0 Å². The summed E-state index contributed by atoms with van der Waals surface area (Å²) in [5.74, 6) is -0.519. The molecule has 160 valence electrons. The predicted octanol–water partition coefficient (Wildman–Crippen LogP) is 3.78. The van der Waals surface area contributed by atoms with Gasteiger partial charge in [-0.15, -0.1) is 0 Å². The average Bonchev–Trinajstić information content (AvgIpc) is 2.75. The molecule has 30 heavy (non-hydrogen) atoms. The number of rotatable bonds is 7. The van der Waals surface area contributed by atoms with Crippen LogP contribution in [0.5, 0.6) is 0 Å². The first-order valence-corrected chi connectivity index (χ1v) is 9.51. The zero-order valence-corrected chi connectivity index (χ0v) is 17.5. The van der Waals surface area contributed by atoms with Crippen molar-refractivity contribution in [2.24, 2.45) is 5.92 Å². The highest BCUT2D eigenvalue weighted by Crippen LogP contribution is 2.18. The molecular formula is C22H27N3O5. The quantitative estimate of drug-likeness (QED) is 0.720. The number of alkyl carbamates (subject to hydrolysis) is 1. The molecule has 0 saturated carbocycles. The number of amides is 3. The number of carbonyl (C=O) groups is 3. The van der Waals surface area contributed by atoms with Crippen LogP contribution >= 0.6 is 0 Å². The number of anilines is 2. The summed E-state index contributed by atoms with van der Waals surface area (Å²) in [6, 6.07) is 15.2. The Kier molecular flexibility index (Phi) is 8.22. The number of nitrogens with one attached hydrogen (secondary N) is 2. The molecule has 0 bridgehead atoms. The van der Waals surface area contributed by atoms with Gasteiger partial charge >= 0.3 is 12.2 Å². The summed E-state index contributed by atoms with van der Waals surface area (Å²) in [6.45, 7) is 3.78. The Labute approximate surface area is 176 Å². The molecule has 0 spiro atoms. The van der Waals surface area contributed by atoms with E-state index >= 15 is 0 Å². The molecule has 0 radical (unpaired) electrons. The van der Waals surface area contributed by atoms with E-state index in [9.17, 15) is 14.4 Å². The van der Waals surface area contributed by atoms with Gasteiger partial charge in [0.15, 0.2) is 0 Å². The monoisotopic (exact) mass is 413 g/mol. The fourth-order valence-corrected chi connectivity index (χ4v) is 2.66. The first-order chi connectivity index (χ1) is 14.3. The van der Waals surface area contributed by atoms with Crippen molar-refractivity contribution >= 4 is 29.5 Å². The highest BCUT2D eigenvalue weighted by Gasteiger charge is 2.25. The zero-order chi connectivity index (χ0) is 22.1. The van der Waals surface area contributed by atoms with E-state index in [1.807, 2.05) is 44.2 Å². The van der Waals surface area contributed by atoms with Crippen LogP contribution in [0.25, 0.3) is 0 Å². The molecule has 8 heteroatoms. The topological polar surface area (TPSA) is 97.0 Å². The summed E-state index contributed by atoms with van der Waals surface area (Å²) in [4.78, 5) is 37.7. The molecule has 2 rings (SSSR count). The molecule has 0 aromatic heterocycles. The molecule has 0 aliphatic carbocycles. The molecular weight excluding hydrogens is 386 g/mol. The minimum atomic E-state index is -0.773. The van der Waals surface area contributed by atoms with Gasteiger partial charge in [-0.1, -0.05) is 44.2 Å². The van der Waals surface area contributed by atoms with Crippen molar-refractivity contribution < 1.29 is 23.9 Å². The number of ether oxygens (including phenoxy) is 2. The van der Waals surface area contributed by atoms with Gasteiger partial charge in [-0.2, -0.15) is 0 Å². The van der Waals surface area contributed by atoms with Gasteiger partial charge in [0.1, 0.15) is 12.6 Å². The lowest BCUT2D eigenvalue weighted by Gasteiger charge is -2.22. The maximum Gasteiger partial charge on any atom is 0.413 e. The third-order valence-electron chi connectivity index (χ3n) is 4.41. The Balaban J connectivity index is 1.94. The van der Waals surface area contributed by atoms with E-state index in [0.29, 0.717) is 11.4 Å². The Morgan fingerprint density at radius 1 is 1.00 bits per heavy atom. The fraction of sp³-hybridized carbons (Fsp3) is 0.318. The van der Waals surface area contributed by atoms with Gasteiger partial charge < -0.3 is 20.1 Å². The van der Waals surface area contributed by atoms with Gasteiger partial charge in [-0.25, -0.2) is 9.59 Å². The molecule has 0 aliphatic heterocycles. The standard InChI is InChI=1S/C22H27N3O5/c1-15(2)19(24-21(27)30-14-16-8-6-5-7-9-16)20(26)23-17-10-12-18(13-11-17)25(3)22(28)29-4/h5-13,15,19H,14H2,1-4H3,(H,23,26)(H,24,27)/t19-/m0/s1. The van der Waals surface area contributed by atoms with Crippen LogP contribution in [-0.2, 0) is 20.9 Å². The van der Waals surface area contributed by atoms with E-state index in [4.69, 9.17) is 4.74 Å². The molecule has 8 nitrogen and oxygen atoms in total. The van der Waals surface area contributed by atoms with Crippen molar-refractivity contribution in [3.05, 3.63) is 60.2 Å². The second-order valence-electron chi connectivity index (χ2n) is 6.99. The van der Waals surface area contributed by atoms with E-state index in [1.165, 1.54) is 12.0 Å².